The molecule has 0 aliphatic heterocycles. The van der Waals surface area contributed by atoms with Crippen molar-refractivity contribution < 1.29 is 23.1 Å². The Kier molecular flexibility index (Phi) is 5.95. The summed E-state index contributed by atoms with van der Waals surface area (Å²) in [6.07, 6.45) is 0. The summed E-state index contributed by atoms with van der Waals surface area (Å²) in [6.45, 7) is -1.57. The van der Waals surface area contributed by atoms with Crippen LogP contribution in [0, 0.1) is 0 Å². The van der Waals surface area contributed by atoms with Crippen LogP contribution in [0.15, 0.2) is 53.9 Å². The van der Waals surface area contributed by atoms with Gasteiger partial charge >= 0.3 is 6.61 Å². The number of hydrogen-bond acceptors (Lipinski definition) is 5. The first kappa shape index (κ1) is 19.4. The van der Waals surface area contributed by atoms with Gasteiger partial charge in [0.05, 0.1) is 5.69 Å². The van der Waals surface area contributed by atoms with Crippen LogP contribution < -0.4 is 15.4 Å². The van der Waals surface area contributed by atoms with Crippen LogP contribution in [0.2, 0.25) is 0 Å². The van der Waals surface area contributed by atoms with E-state index in [1.807, 2.05) is 0 Å². The molecule has 3 aromatic rings. The molecule has 0 bridgehead atoms. The summed E-state index contributed by atoms with van der Waals surface area (Å²) >= 11 is 1.15. The number of alkyl halides is 2. The van der Waals surface area contributed by atoms with Gasteiger partial charge in [-0.1, -0.05) is 18.2 Å². The average molecular weight is 403 g/mol. The molecule has 1 aromatic heterocycles. The SMILES string of the molecule is CC(=O)Nc1cccc(C(=O)Nc2nc(-c3ccccc3OC(F)F)cs2)c1. The number of hydrogen-bond donors (Lipinski definition) is 2. The molecular formula is C19H15F2N3O3S. The molecule has 3 rings (SSSR count). The summed E-state index contributed by atoms with van der Waals surface area (Å²) < 4.78 is 29.7. The Balaban J connectivity index is 1.77. The number of nitrogens with zero attached hydrogens (tertiary/aromatic N) is 1. The van der Waals surface area contributed by atoms with Gasteiger partial charge in [0.1, 0.15) is 5.75 Å². The van der Waals surface area contributed by atoms with Gasteiger partial charge in [-0.3, -0.25) is 14.9 Å². The number of para-hydroxylation sites is 1. The van der Waals surface area contributed by atoms with E-state index < -0.39 is 12.5 Å². The first-order valence-corrected chi connectivity index (χ1v) is 8.99. The van der Waals surface area contributed by atoms with Crippen molar-refractivity contribution in [3.63, 3.8) is 0 Å². The number of halogens is 2. The van der Waals surface area contributed by atoms with E-state index in [-0.39, 0.29) is 11.7 Å². The molecule has 2 amide bonds. The van der Waals surface area contributed by atoms with E-state index >= 15 is 0 Å². The monoisotopic (exact) mass is 403 g/mol. The minimum atomic E-state index is -2.95. The van der Waals surface area contributed by atoms with Crippen molar-refractivity contribution in [2.75, 3.05) is 10.6 Å². The van der Waals surface area contributed by atoms with Gasteiger partial charge in [0.25, 0.3) is 5.91 Å². The van der Waals surface area contributed by atoms with Crippen molar-refractivity contribution >= 4 is 34.0 Å². The number of carbonyl (C=O) groups is 2. The first-order chi connectivity index (χ1) is 13.4. The Hall–Kier alpha value is -3.33. The summed E-state index contributed by atoms with van der Waals surface area (Å²) in [5, 5.41) is 7.20. The molecule has 2 aromatic carbocycles. The van der Waals surface area contributed by atoms with Gasteiger partial charge in [0.2, 0.25) is 5.91 Å². The van der Waals surface area contributed by atoms with Crippen LogP contribution in [0.3, 0.4) is 0 Å². The van der Waals surface area contributed by atoms with Crippen molar-refractivity contribution in [2.45, 2.75) is 13.5 Å². The number of carbonyl (C=O) groups excluding carboxylic acids is 2. The number of benzene rings is 2. The molecule has 144 valence electrons. The lowest BCUT2D eigenvalue weighted by Gasteiger charge is -2.08. The Labute approximate surface area is 163 Å². The highest BCUT2D eigenvalue weighted by Crippen LogP contribution is 2.33. The minimum absolute atomic E-state index is 0.00341. The topological polar surface area (TPSA) is 80.3 Å². The molecular weight excluding hydrogens is 388 g/mol. The number of nitrogens with one attached hydrogen (secondary N) is 2. The third kappa shape index (κ3) is 4.89. The quantitative estimate of drug-likeness (QED) is 0.629. The predicted octanol–water partition coefficient (Wildman–Crippen LogP) is 4.62. The van der Waals surface area contributed by atoms with Crippen LogP contribution in [0.5, 0.6) is 5.75 Å². The maximum absolute atomic E-state index is 12.6. The molecule has 2 N–H and O–H groups in total. The summed E-state index contributed by atoms with van der Waals surface area (Å²) in [7, 11) is 0. The second kappa shape index (κ2) is 8.57. The number of amides is 2. The molecule has 9 heteroatoms. The zero-order chi connectivity index (χ0) is 20.1. The fraction of sp³-hybridized carbons (Fsp3) is 0.105. The molecule has 0 saturated carbocycles. The van der Waals surface area contributed by atoms with Crippen LogP contribution in [0.4, 0.5) is 19.6 Å². The summed E-state index contributed by atoms with van der Waals surface area (Å²) in [5.74, 6) is -0.652. The maximum atomic E-state index is 12.6. The van der Waals surface area contributed by atoms with Crippen molar-refractivity contribution in [3.8, 4) is 17.0 Å². The smallest absolute Gasteiger partial charge is 0.387 e. The van der Waals surface area contributed by atoms with Gasteiger partial charge < -0.3 is 10.1 Å². The zero-order valence-corrected chi connectivity index (χ0v) is 15.4. The second-order valence-electron chi connectivity index (χ2n) is 5.63. The van der Waals surface area contributed by atoms with Crippen LogP contribution >= 0.6 is 11.3 Å². The lowest BCUT2D eigenvalue weighted by molar-refractivity contribution is -0.114. The van der Waals surface area contributed by atoms with Crippen LogP contribution in [0.25, 0.3) is 11.3 Å². The van der Waals surface area contributed by atoms with Gasteiger partial charge in [0, 0.05) is 29.1 Å². The van der Waals surface area contributed by atoms with Gasteiger partial charge in [-0.25, -0.2) is 4.98 Å². The van der Waals surface area contributed by atoms with E-state index in [4.69, 9.17) is 0 Å². The molecule has 0 spiro atoms. The molecule has 0 radical (unpaired) electrons. The predicted molar refractivity (Wildman–Crippen MR) is 103 cm³/mol. The highest BCUT2D eigenvalue weighted by atomic mass is 32.1. The Morgan fingerprint density at radius 1 is 1.11 bits per heavy atom. The lowest BCUT2D eigenvalue weighted by atomic mass is 10.1. The Bertz CT molecular complexity index is 1010. The van der Waals surface area contributed by atoms with E-state index in [1.54, 1.807) is 41.8 Å². The summed E-state index contributed by atoms with van der Waals surface area (Å²) in [5.41, 5.74) is 1.64. The molecule has 0 unspecified atom stereocenters. The van der Waals surface area contributed by atoms with Gasteiger partial charge in [0.15, 0.2) is 5.13 Å². The number of anilines is 2. The van der Waals surface area contributed by atoms with Gasteiger partial charge in [-0.05, 0) is 30.3 Å². The number of ether oxygens (including phenoxy) is 1. The summed E-state index contributed by atoms with van der Waals surface area (Å²) in [4.78, 5) is 27.8. The van der Waals surface area contributed by atoms with E-state index in [0.29, 0.717) is 27.6 Å². The third-order valence-electron chi connectivity index (χ3n) is 3.55. The fourth-order valence-corrected chi connectivity index (χ4v) is 3.15. The second-order valence-corrected chi connectivity index (χ2v) is 6.49. The molecule has 0 aliphatic rings. The molecule has 0 saturated heterocycles. The van der Waals surface area contributed by atoms with Crippen LogP contribution in [-0.4, -0.2) is 23.4 Å². The molecule has 0 atom stereocenters. The average Bonchev–Trinajstić information content (AvgIpc) is 3.09. The minimum Gasteiger partial charge on any atom is -0.434 e. The maximum Gasteiger partial charge on any atom is 0.387 e. The number of thiazole rings is 1. The lowest BCUT2D eigenvalue weighted by Crippen LogP contribution is -2.13. The molecule has 0 aliphatic carbocycles. The largest absolute Gasteiger partial charge is 0.434 e. The highest BCUT2D eigenvalue weighted by Gasteiger charge is 2.15. The van der Waals surface area contributed by atoms with Crippen molar-refractivity contribution in [2.24, 2.45) is 0 Å². The fourth-order valence-electron chi connectivity index (χ4n) is 2.44. The number of aromatic nitrogens is 1. The van der Waals surface area contributed by atoms with E-state index in [9.17, 15) is 18.4 Å². The van der Waals surface area contributed by atoms with E-state index in [1.165, 1.54) is 19.1 Å². The zero-order valence-electron chi connectivity index (χ0n) is 14.6. The Morgan fingerprint density at radius 3 is 2.64 bits per heavy atom. The Morgan fingerprint density at radius 2 is 1.89 bits per heavy atom. The molecule has 1 heterocycles. The van der Waals surface area contributed by atoms with Crippen molar-refractivity contribution in [1.82, 2.24) is 4.98 Å². The molecule has 0 fully saturated rings. The standard InChI is InChI=1S/C19H15F2N3O3S/c1-11(25)22-13-6-4-5-12(9-13)17(26)24-19-23-15(10-28-19)14-7-2-3-8-16(14)27-18(20)21/h2-10,18H,1H3,(H,22,25)(H,23,24,26). The third-order valence-corrected chi connectivity index (χ3v) is 4.31. The van der Waals surface area contributed by atoms with E-state index in [2.05, 4.69) is 20.4 Å². The van der Waals surface area contributed by atoms with Gasteiger partial charge in [-0.15, -0.1) is 11.3 Å². The van der Waals surface area contributed by atoms with Crippen molar-refractivity contribution in [3.05, 3.63) is 59.5 Å². The summed E-state index contributed by atoms with van der Waals surface area (Å²) in [6, 6.07) is 12.7. The number of rotatable bonds is 6. The van der Waals surface area contributed by atoms with Crippen LogP contribution in [0.1, 0.15) is 17.3 Å². The van der Waals surface area contributed by atoms with E-state index in [0.717, 1.165) is 11.3 Å². The van der Waals surface area contributed by atoms with Crippen molar-refractivity contribution in [1.29, 1.82) is 0 Å². The highest BCUT2D eigenvalue weighted by molar-refractivity contribution is 7.14. The normalized spacial score (nSPS) is 10.6. The molecule has 6 nitrogen and oxygen atoms in total. The van der Waals surface area contributed by atoms with Crippen LogP contribution in [-0.2, 0) is 4.79 Å². The molecule has 28 heavy (non-hydrogen) atoms. The van der Waals surface area contributed by atoms with Gasteiger partial charge in [-0.2, -0.15) is 8.78 Å². The first-order valence-electron chi connectivity index (χ1n) is 8.11.